The molecular weight excluding hydrogens is 254 g/mol. The van der Waals surface area contributed by atoms with Gasteiger partial charge in [-0.15, -0.1) is 0 Å². The summed E-state index contributed by atoms with van der Waals surface area (Å²) in [4.78, 5) is 0. The molecule has 1 nitrogen and oxygen atoms in total. The zero-order valence-electron chi connectivity index (χ0n) is 10.9. The average Bonchev–Trinajstić information content (AvgIpc) is 2.38. The number of benzene rings is 2. The van der Waals surface area contributed by atoms with Crippen LogP contribution in [0.3, 0.4) is 0 Å². The SMILES string of the molecule is NC1(Cc2cccc(Cl)c2)CCc2ccccc2C1. The van der Waals surface area contributed by atoms with Crippen molar-refractivity contribution in [3.63, 3.8) is 0 Å². The minimum Gasteiger partial charge on any atom is -0.324 e. The molecular formula is C17H18ClN. The Morgan fingerprint density at radius 2 is 1.84 bits per heavy atom. The van der Waals surface area contributed by atoms with Gasteiger partial charge >= 0.3 is 0 Å². The van der Waals surface area contributed by atoms with Crippen LogP contribution in [0.2, 0.25) is 5.02 Å². The summed E-state index contributed by atoms with van der Waals surface area (Å²) in [6, 6.07) is 16.7. The largest absolute Gasteiger partial charge is 0.324 e. The molecule has 0 aliphatic heterocycles. The molecule has 1 unspecified atom stereocenters. The quantitative estimate of drug-likeness (QED) is 0.884. The van der Waals surface area contributed by atoms with Gasteiger partial charge in [-0.25, -0.2) is 0 Å². The molecule has 0 amide bonds. The molecule has 0 aromatic heterocycles. The molecule has 0 radical (unpaired) electrons. The maximum Gasteiger partial charge on any atom is 0.0408 e. The molecule has 2 N–H and O–H groups in total. The summed E-state index contributed by atoms with van der Waals surface area (Å²) in [5.41, 5.74) is 10.6. The molecule has 0 bridgehead atoms. The minimum absolute atomic E-state index is 0.140. The Labute approximate surface area is 119 Å². The number of halogens is 1. The van der Waals surface area contributed by atoms with Crippen molar-refractivity contribution in [1.82, 2.24) is 0 Å². The third kappa shape index (κ3) is 2.83. The first-order valence-corrected chi connectivity index (χ1v) is 7.13. The Hall–Kier alpha value is -1.31. The molecule has 98 valence electrons. The first-order chi connectivity index (χ1) is 9.15. The summed E-state index contributed by atoms with van der Waals surface area (Å²) < 4.78 is 0. The fourth-order valence-electron chi connectivity index (χ4n) is 3.03. The topological polar surface area (TPSA) is 26.0 Å². The Bertz CT molecular complexity index is 593. The molecule has 1 aliphatic carbocycles. The van der Waals surface area contributed by atoms with Crippen LogP contribution in [0.15, 0.2) is 48.5 Å². The van der Waals surface area contributed by atoms with E-state index in [0.717, 1.165) is 30.7 Å². The number of nitrogens with two attached hydrogens (primary N) is 1. The van der Waals surface area contributed by atoms with Crippen LogP contribution in [0.5, 0.6) is 0 Å². The number of hydrogen-bond donors (Lipinski definition) is 1. The lowest BCUT2D eigenvalue weighted by Gasteiger charge is -2.35. The van der Waals surface area contributed by atoms with Crippen molar-refractivity contribution in [2.45, 2.75) is 31.2 Å². The maximum absolute atomic E-state index is 6.61. The summed E-state index contributed by atoms with van der Waals surface area (Å²) in [7, 11) is 0. The molecule has 0 saturated carbocycles. The first kappa shape index (κ1) is 12.7. The molecule has 0 saturated heterocycles. The molecule has 0 heterocycles. The maximum atomic E-state index is 6.61. The molecule has 0 spiro atoms. The van der Waals surface area contributed by atoms with Gasteiger partial charge in [0.2, 0.25) is 0 Å². The van der Waals surface area contributed by atoms with Crippen molar-refractivity contribution in [3.05, 3.63) is 70.2 Å². The molecule has 2 aromatic rings. The summed E-state index contributed by atoms with van der Waals surface area (Å²) >= 11 is 6.05. The summed E-state index contributed by atoms with van der Waals surface area (Å²) in [6.07, 6.45) is 3.96. The molecule has 2 aromatic carbocycles. The Morgan fingerprint density at radius 1 is 1.05 bits per heavy atom. The van der Waals surface area contributed by atoms with Crippen LogP contribution >= 0.6 is 11.6 Å². The van der Waals surface area contributed by atoms with Gasteiger partial charge in [-0.05, 0) is 54.5 Å². The van der Waals surface area contributed by atoms with E-state index in [-0.39, 0.29) is 5.54 Å². The van der Waals surface area contributed by atoms with Crippen molar-refractivity contribution in [1.29, 1.82) is 0 Å². The second-order valence-corrected chi connectivity index (χ2v) is 6.05. The van der Waals surface area contributed by atoms with Gasteiger partial charge in [0.1, 0.15) is 0 Å². The molecule has 3 rings (SSSR count). The van der Waals surface area contributed by atoms with E-state index in [1.54, 1.807) is 0 Å². The normalized spacial score (nSPS) is 22.0. The minimum atomic E-state index is -0.140. The molecule has 19 heavy (non-hydrogen) atoms. The van der Waals surface area contributed by atoms with Crippen LogP contribution in [0.4, 0.5) is 0 Å². The van der Waals surface area contributed by atoms with Gasteiger partial charge in [-0.1, -0.05) is 48.0 Å². The van der Waals surface area contributed by atoms with Crippen molar-refractivity contribution in [2.24, 2.45) is 5.73 Å². The summed E-state index contributed by atoms with van der Waals surface area (Å²) in [5.74, 6) is 0. The zero-order chi connectivity index (χ0) is 13.3. The van der Waals surface area contributed by atoms with Crippen molar-refractivity contribution >= 4 is 11.6 Å². The summed E-state index contributed by atoms with van der Waals surface area (Å²) in [6.45, 7) is 0. The smallest absolute Gasteiger partial charge is 0.0408 e. The van der Waals surface area contributed by atoms with Gasteiger partial charge in [0.05, 0.1) is 0 Å². The Morgan fingerprint density at radius 3 is 2.63 bits per heavy atom. The number of hydrogen-bond acceptors (Lipinski definition) is 1. The van der Waals surface area contributed by atoms with E-state index in [4.69, 9.17) is 17.3 Å². The van der Waals surface area contributed by atoms with Gasteiger partial charge in [0.15, 0.2) is 0 Å². The van der Waals surface area contributed by atoms with Crippen LogP contribution in [0.25, 0.3) is 0 Å². The molecule has 0 fully saturated rings. The highest BCUT2D eigenvalue weighted by Crippen LogP contribution is 2.30. The van der Waals surface area contributed by atoms with Crippen LogP contribution in [-0.4, -0.2) is 5.54 Å². The van der Waals surface area contributed by atoms with Gasteiger partial charge in [-0.2, -0.15) is 0 Å². The third-order valence-electron chi connectivity index (χ3n) is 4.00. The standard InChI is InChI=1S/C17H18ClN/c18-16-7-3-4-13(10-16)11-17(19)9-8-14-5-1-2-6-15(14)12-17/h1-7,10H,8-9,11-12,19H2. The van der Waals surface area contributed by atoms with Crippen molar-refractivity contribution in [2.75, 3.05) is 0 Å². The van der Waals surface area contributed by atoms with Gasteiger partial charge in [0, 0.05) is 10.6 Å². The van der Waals surface area contributed by atoms with Crippen LogP contribution < -0.4 is 5.73 Å². The highest BCUT2D eigenvalue weighted by atomic mass is 35.5. The van der Waals surface area contributed by atoms with E-state index in [9.17, 15) is 0 Å². The Kier molecular flexibility index (Phi) is 3.34. The lowest BCUT2D eigenvalue weighted by Crippen LogP contribution is -2.47. The average molecular weight is 272 g/mol. The first-order valence-electron chi connectivity index (χ1n) is 6.75. The monoisotopic (exact) mass is 271 g/mol. The second kappa shape index (κ2) is 4.99. The zero-order valence-corrected chi connectivity index (χ0v) is 11.7. The van der Waals surface area contributed by atoms with Crippen LogP contribution in [0, 0.1) is 0 Å². The Balaban J connectivity index is 1.82. The number of rotatable bonds is 2. The van der Waals surface area contributed by atoms with E-state index in [0.29, 0.717) is 0 Å². The van der Waals surface area contributed by atoms with Crippen molar-refractivity contribution < 1.29 is 0 Å². The van der Waals surface area contributed by atoms with E-state index in [1.807, 2.05) is 18.2 Å². The molecule has 1 atom stereocenters. The molecule has 2 heteroatoms. The van der Waals surface area contributed by atoms with Crippen molar-refractivity contribution in [3.8, 4) is 0 Å². The predicted molar refractivity (Wildman–Crippen MR) is 80.5 cm³/mol. The fraction of sp³-hybridized carbons (Fsp3) is 0.294. The number of aryl methyl sites for hydroxylation is 1. The third-order valence-corrected chi connectivity index (χ3v) is 4.23. The summed E-state index contributed by atoms with van der Waals surface area (Å²) in [5, 5.41) is 0.789. The highest BCUT2D eigenvalue weighted by Gasteiger charge is 2.30. The number of fused-ring (bicyclic) bond motifs is 1. The van der Waals surface area contributed by atoms with E-state index < -0.39 is 0 Å². The lowest BCUT2D eigenvalue weighted by molar-refractivity contribution is 0.369. The second-order valence-electron chi connectivity index (χ2n) is 5.61. The fourth-order valence-corrected chi connectivity index (χ4v) is 3.24. The molecule has 1 aliphatic rings. The lowest BCUT2D eigenvalue weighted by atomic mass is 9.75. The highest BCUT2D eigenvalue weighted by molar-refractivity contribution is 6.30. The van der Waals surface area contributed by atoms with Gasteiger partial charge in [0.25, 0.3) is 0 Å². The van der Waals surface area contributed by atoms with Gasteiger partial charge in [-0.3, -0.25) is 0 Å². The van der Waals surface area contributed by atoms with Gasteiger partial charge < -0.3 is 5.73 Å². The van der Waals surface area contributed by atoms with Crippen LogP contribution in [0.1, 0.15) is 23.1 Å². The van der Waals surface area contributed by atoms with E-state index >= 15 is 0 Å². The predicted octanol–water partition coefficient (Wildman–Crippen LogP) is 3.77. The van der Waals surface area contributed by atoms with E-state index in [1.165, 1.54) is 16.7 Å². The van der Waals surface area contributed by atoms with Crippen LogP contribution in [-0.2, 0) is 19.3 Å². The van der Waals surface area contributed by atoms with E-state index in [2.05, 4.69) is 30.3 Å².